The average Bonchev–Trinajstić information content (AvgIpc) is 2.41. The molecular formula is C14H12ClFN4. The zero-order chi connectivity index (χ0) is 14.9. The lowest BCUT2D eigenvalue weighted by Gasteiger charge is -2.14. The number of nitrogen functional groups attached to an aromatic ring is 2. The molecule has 2 aromatic rings. The largest absolute Gasteiger partial charge is 0.397 e. The van der Waals surface area contributed by atoms with Gasteiger partial charge in [0, 0.05) is 0 Å². The van der Waals surface area contributed by atoms with Crippen molar-refractivity contribution in [3.8, 4) is 6.07 Å². The van der Waals surface area contributed by atoms with Crippen LogP contribution in [0.25, 0.3) is 0 Å². The minimum Gasteiger partial charge on any atom is -0.397 e. The van der Waals surface area contributed by atoms with Crippen molar-refractivity contribution in [2.75, 3.05) is 16.8 Å². The van der Waals surface area contributed by atoms with E-state index < -0.39 is 5.82 Å². The van der Waals surface area contributed by atoms with Gasteiger partial charge in [-0.2, -0.15) is 5.26 Å². The van der Waals surface area contributed by atoms with Crippen LogP contribution >= 0.6 is 11.6 Å². The standard InChI is InChI=1S/C14H12ClFN4/c1-7-3-2-4-11(8(7)6-17)20-14-10(19)5-9(18)12(15)13(14)16/h2-5,20H,18-19H2,1H3. The van der Waals surface area contributed by atoms with E-state index in [-0.39, 0.29) is 22.1 Å². The molecule has 0 saturated carbocycles. The van der Waals surface area contributed by atoms with E-state index in [0.29, 0.717) is 11.3 Å². The highest BCUT2D eigenvalue weighted by molar-refractivity contribution is 6.33. The average molecular weight is 291 g/mol. The molecule has 102 valence electrons. The first-order valence-corrected chi connectivity index (χ1v) is 6.13. The van der Waals surface area contributed by atoms with Gasteiger partial charge in [-0.05, 0) is 24.6 Å². The Balaban J connectivity index is 2.55. The van der Waals surface area contributed by atoms with Crippen LogP contribution in [0, 0.1) is 24.1 Å². The number of aryl methyl sites for hydroxylation is 1. The van der Waals surface area contributed by atoms with Crippen molar-refractivity contribution in [3.63, 3.8) is 0 Å². The fourth-order valence-corrected chi connectivity index (χ4v) is 2.00. The SMILES string of the molecule is Cc1cccc(Nc2c(N)cc(N)c(Cl)c2F)c1C#N. The highest BCUT2D eigenvalue weighted by Gasteiger charge is 2.16. The maximum absolute atomic E-state index is 14.1. The minimum atomic E-state index is -0.741. The van der Waals surface area contributed by atoms with E-state index in [1.165, 1.54) is 6.07 Å². The molecule has 0 aromatic heterocycles. The smallest absolute Gasteiger partial charge is 0.169 e. The quantitative estimate of drug-likeness (QED) is 0.738. The van der Waals surface area contributed by atoms with Crippen molar-refractivity contribution in [2.45, 2.75) is 6.92 Å². The molecule has 0 heterocycles. The first kappa shape index (κ1) is 14.0. The molecule has 0 amide bonds. The molecule has 2 rings (SSSR count). The second kappa shape index (κ2) is 5.27. The third-order valence-electron chi connectivity index (χ3n) is 2.91. The molecule has 0 unspecified atom stereocenters. The zero-order valence-corrected chi connectivity index (χ0v) is 11.4. The molecule has 2 aromatic carbocycles. The Hall–Kier alpha value is -2.45. The number of hydrogen-bond acceptors (Lipinski definition) is 4. The highest BCUT2D eigenvalue weighted by Crippen LogP contribution is 2.36. The zero-order valence-electron chi connectivity index (χ0n) is 10.7. The first-order chi connectivity index (χ1) is 9.45. The molecule has 20 heavy (non-hydrogen) atoms. The van der Waals surface area contributed by atoms with Gasteiger partial charge in [-0.15, -0.1) is 0 Å². The van der Waals surface area contributed by atoms with E-state index in [0.717, 1.165) is 5.56 Å². The van der Waals surface area contributed by atoms with Crippen LogP contribution in [-0.4, -0.2) is 0 Å². The lowest BCUT2D eigenvalue weighted by Crippen LogP contribution is -2.04. The van der Waals surface area contributed by atoms with Gasteiger partial charge in [0.2, 0.25) is 0 Å². The summed E-state index contributed by atoms with van der Waals surface area (Å²) in [5, 5.41) is 11.8. The summed E-state index contributed by atoms with van der Waals surface area (Å²) in [5.74, 6) is -0.741. The number of rotatable bonds is 2. The van der Waals surface area contributed by atoms with Gasteiger partial charge < -0.3 is 16.8 Å². The van der Waals surface area contributed by atoms with Crippen molar-refractivity contribution < 1.29 is 4.39 Å². The molecule has 6 heteroatoms. The molecule has 0 radical (unpaired) electrons. The Bertz CT molecular complexity index is 722. The number of anilines is 4. The third kappa shape index (κ3) is 2.33. The van der Waals surface area contributed by atoms with Gasteiger partial charge >= 0.3 is 0 Å². The molecule has 0 atom stereocenters. The van der Waals surface area contributed by atoms with E-state index in [4.69, 9.17) is 28.3 Å². The lowest BCUT2D eigenvalue weighted by molar-refractivity contribution is 0.633. The molecule has 0 fully saturated rings. The minimum absolute atomic E-state index is 0.00583. The second-order valence-electron chi connectivity index (χ2n) is 4.29. The third-order valence-corrected chi connectivity index (χ3v) is 3.29. The summed E-state index contributed by atoms with van der Waals surface area (Å²) in [6.07, 6.45) is 0. The van der Waals surface area contributed by atoms with Crippen LogP contribution in [0.5, 0.6) is 0 Å². The molecule has 0 spiro atoms. The second-order valence-corrected chi connectivity index (χ2v) is 4.67. The number of nitrogens with two attached hydrogens (primary N) is 2. The van der Waals surface area contributed by atoms with Gasteiger partial charge in [-0.3, -0.25) is 0 Å². The Morgan fingerprint density at radius 3 is 2.65 bits per heavy atom. The summed E-state index contributed by atoms with van der Waals surface area (Å²) in [4.78, 5) is 0. The number of nitrogens with one attached hydrogen (secondary N) is 1. The van der Waals surface area contributed by atoms with E-state index in [9.17, 15) is 4.39 Å². The van der Waals surface area contributed by atoms with E-state index in [1.807, 2.05) is 0 Å². The summed E-state index contributed by atoms with van der Waals surface area (Å²) in [7, 11) is 0. The molecular weight excluding hydrogens is 279 g/mol. The fraction of sp³-hybridized carbons (Fsp3) is 0.0714. The number of halogens is 2. The number of nitriles is 1. The molecule has 0 aliphatic carbocycles. The monoisotopic (exact) mass is 290 g/mol. The van der Waals surface area contributed by atoms with E-state index in [2.05, 4.69) is 11.4 Å². The molecule has 4 nitrogen and oxygen atoms in total. The van der Waals surface area contributed by atoms with Crippen LogP contribution in [-0.2, 0) is 0 Å². The van der Waals surface area contributed by atoms with Gasteiger partial charge in [-0.1, -0.05) is 23.7 Å². The Morgan fingerprint density at radius 1 is 1.30 bits per heavy atom. The van der Waals surface area contributed by atoms with Gasteiger partial charge in [0.25, 0.3) is 0 Å². The number of nitrogens with zero attached hydrogens (tertiary/aromatic N) is 1. The van der Waals surface area contributed by atoms with Gasteiger partial charge in [0.05, 0.1) is 28.3 Å². The molecule has 0 saturated heterocycles. The topological polar surface area (TPSA) is 87.9 Å². The van der Waals surface area contributed by atoms with Crippen LogP contribution in [0.4, 0.5) is 27.1 Å². The molecule has 0 aliphatic rings. The highest BCUT2D eigenvalue weighted by atomic mass is 35.5. The Kier molecular flexibility index (Phi) is 3.68. The van der Waals surface area contributed by atoms with Crippen LogP contribution in [0.15, 0.2) is 24.3 Å². The summed E-state index contributed by atoms with van der Waals surface area (Å²) in [6, 6.07) is 8.64. The van der Waals surface area contributed by atoms with Gasteiger partial charge in [-0.25, -0.2) is 4.39 Å². The van der Waals surface area contributed by atoms with Crippen LogP contribution in [0.2, 0.25) is 5.02 Å². The fourth-order valence-electron chi connectivity index (χ4n) is 1.85. The van der Waals surface area contributed by atoms with E-state index >= 15 is 0 Å². The Labute approximate surface area is 120 Å². The van der Waals surface area contributed by atoms with Crippen LogP contribution in [0.3, 0.4) is 0 Å². The van der Waals surface area contributed by atoms with Crippen molar-refractivity contribution in [2.24, 2.45) is 0 Å². The van der Waals surface area contributed by atoms with Crippen molar-refractivity contribution in [3.05, 3.63) is 46.2 Å². The number of hydrogen-bond donors (Lipinski definition) is 3. The lowest BCUT2D eigenvalue weighted by atomic mass is 10.1. The van der Waals surface area contributed by atoms with Crippen molar-refractivity contribution in [1.29, 1.82) is 5.26 Å². The maximum atomic E-state index is 14.1. The van der Waals surface area contributed by atoms with Crippen molar-refractivity contribution >= 4 is 34.4 Å². The normalized spacial score (nSPS) is 10.1. The Morgan fingerprint density at radius 2 is 2.00 bits per heavy atom. The van der Waals surface area contributed by atoms with Gasteiger partial charge in [0.1, 0.15) is 11.1 Å². The van der Waals surface area contributed by atoms with E-state index in [1.54, 1.807) is 25.1 Å². The van der Waals surface area contributed by atoms with Crippen LogP contribution < -0.4 is 16.8 Å². The van der Waals surface area contributed by atoms with Crippen LogP contribution in [0.1, 0.15) is 11.1 Å². The molecule has 5 N–H and O–H groups in total. The number of benzene rings is 2. The predicted molar refractivity (Wildman–Crippen MR) is 79.4 cm³/mol. The maximum Gasteiger partial charge on any atom is 0.169 e. The summed E-state index contributed by atoms with van der Waals surface area (Å²) in [5.41, 5.74) is 13.1. The summed E-state index contributed by atoms with van der Waals surface area (Å²) in [6.45, 7) is 1.79. The first-order valence-electron chi connectivity index (χ1n) is 5.75. The van der Waals surface area contributed by atoms with Gasteiger partial charge in [0.15, 0.2) is 5.82 Å². The summed E-state index contributed by atoms with van der Waals surface area (Å²) >= 11 is 5.77. The molecule has 0 aliphatic heterocycles. The van der Waals surface area contributed by atoms with Crippen molar-refractivity contribution in [1.82, 2.24) is 0 Å². The predicted octanol–water partition coefficient (Wildman–Crippen LogP) is 3.57. The molecule has 0 bridgehead atoms. The summed E-state index contributed by atoms with van der Waals surface area (Å²) < 4.78 is 14.1.